The Morgan fingerprint density at radius 2 is 1.65 bits per heavy atom. The number of aromatic nitrogens is 2. The van der Waals surface area contributed by atoms with Crippen LogP contribution in [0, 0.1) is 12.8 Å². The lowest BCUT2D eigenvalue weighted by molar-refractivity contribution is -0.118. The minimum Gasteiger partial charge on any atom is -0.340 e. The van der Waals surface area contributed by atoms with Gasteiger partial charge in [-0.3, -0.25) is 14.9 Å². The lowest BCUT2D eigenvalue weighted by Gasteiger charge is -2.21. The molecule has 6 nitrogen and oxygen atoms in total. The van der Waals surface area contributed by atoms with Gasteiger partial charge in [0.1, 0.15) is 6.04 Å². The number of carbonyl (C=O) groups excluding carboxylic acids is 2. The normalized spacial score (nSPS) is 11.8. The van der Waals surface area contributed by atoms with Crippen molar-refractivity contribution in [2.45, 2.75) is 26.8 Å². The van der Waals surface area contributed by atoms with Gasteiger partial charge in [0, 0.05) is 18.0 Å². The first kappa shape index (κ1) is 16.6. The number of anilines is 1. The number of carbonyl (C=O) groups is 2. The fourth-order valence-electron chi connectivity index (χ4n) is 2.02. The van der Waals surface area contributed by atoms with Crippen molar-refractivity contribution in [2.24, 2.45) is 5.92 Å². The van der Waals surface area contributed by atoms with Crippen LogP contribution in [0.3, 0.4) is 0 Å². The van der Waals surface area contributed by atoms with Crippen molar-refractivity contribution in [1.82, 2.24) is 15.3 Å². The van der Waals surface area contributed by atoms with Gasteiger partial charge >= 0.3 is 0 Å². The summed E-state index contributed by atoms with van der Waals surface area (Å²) in [6, 6.07) is 8.18. The SMILES string of the molecule is Cc1ccc(C(=O)N[C@H](C(=O)Nc2ncccn2)C(C)C)cc1. The second-order valence-electron chi connectivity index (χ2n) is 5.62. The molecule has 2 rings (SSSR count). The first-order chi connectivity index (χ1) is 11.0. The minimum atomic E-state index is -0.674. The molecule has 2 N–H and O–H groups in total. The van der Waals surface area contributed by atoms with Crippen molar-refractivity contribution in [3.05, 3.63) is 53.9 Å². The van der Waals surface area contributed by atoms with Crippen LogP contribution in [-0.2, 0) is 4.79 Å². The van der Waals surface area contributed by atoms with Crippen molar-refractivity contribution in [3.63, 3.8) is 0 Å². The molecule has 0 aliphatic carbocycles. The Morgan fingerprint density at radius 3 is 2.22 bits per heavy atom. The molecule has 23 heavy (non-hydrogen) atoms. The van der Waals surface area contributed by atoms with Gasteiger partial charge in [-0.05, 0) is 31.0 Å². The van der Waals surface area contributed by atoms with Crippen molar-refractivity contribution in [1.29, 1.82) is 0 Å². The van der Waals surface area contributed by atoms with Crippen molar-refractivity contribution >= 4 is 17.8 Å². The molecule has 0 saturated carbocycles. The Balaban J connectivity index is 2.07. The predicted octanol–water partition coefficient (Wildman–Crippen LogP) is 2.18. The second-order valence-corrected chi connectivity index (χ2v) is 5.62. The molecule has 0 fully saturated rings. The molecule has 1 atom stereocenters. The minimum absolute atomic E-state index is 0.0758. The Kier molecular flexibility index (Phi) is 5.41. The molecule has 1 heterocycles. The van der Waals surface area contributed by atoms with Gasteiger partial charge < -0.3 is 5.32 Å². The van der Waals surface area contributed by atoms with Gasteiger partial charge in [-0.15, -0.1) is 0 Å². The Labute approximate surface area is 135 Å². The van der Waals surface area contributed by atoms with E-state index in [1.54, 1.807) is 18.2 Å². The Hall–Kier alpha value is -2.76. The van der Waals surface area contributed by atoms with Crippen molar-refractivity contribution in [3.8, 4) is 0 Å². The average molecular weight is 312 g/mol. The largest absolute Gasteiger partial charge is 0.340 e. The third-order valence-electron chi connectivity index (χ3n) is 3.35. The molecule has 6 heteroatoms. The third kappa shape index (κ3) is 4.60. The van der Waals surface area contributed by atoms with E-state index in [4.69, 9.17) is 0 Å². The highest BCUT2D eigenvalue weighted by molar-refractivity contribution is 6.00. The first-order valence-corrected chi connectivity index (χ1v) is 7.43. The molecular weight excluding hydrogens is 292 g/mol. The van der Waals surface area contributed by atoms with Gasteiger partial charge in [0.15, 0.2) is 0 Å². The van der Waals surface area contributed by atoms with Crippen LogP contribution in [0.5, 0.6) is 0 Å². The summed E-state index contributed by atoms with van der Waals surface area (Å²) in [5.41, 5.74) is 1.59. The maximum atomic E-state index is 12.4. The van der Waals surface area contributed by atoms with Crippen LogP contribution >= 0.6 is 0 Å². The van der Waals surface area contributed by atoms with Crippen molar-refractivity contribution < 1.29 is 9.59 Å². The highest BCUT2D eigenvalue weighted by Crippen LogP contribution is 2.08. The number of amides is 2. The Bertz CT molecular complexity index is 669. The molecule has 0 unspecified atom stereocenters. The van der Waals surface area contributed by atoms with Gasteiger partial charge in [0.2, 0.25) is 11.9 Å². The molecule has 120 valence electrons. The van der Waals surface area contributed by atoms with Crippen LogP contribution in [0.15, 0.2) is 42.7 Å². The zero-order valence-electron chi connectivity index (χ0n) is 13.4. The predicted molar refractivity (Wildman–Crippen MR) is 87.9 cm³/mol. The number of benzene rings is 1. The molecule has 1 aromatic heterocycles. The molecule has 0 saturated heterocycles. The fourth-order valence-corrected chi connectivity index (χ4v) is 2.02. The van der Waals surface area contributed by atoms with Gasteiger partial charge in [-0.1, -0.05) is 31.5 Å². The van der Waals surface area contributed by atoms with Gasteiger partial charge in [-0.25, -0.2) is 9.97 Å². The van der Waals surface area contributed by atoms with Gasteiger partial charge in [0.05, 0.1) is 0 Å². The number of hydrogen-bond donors (Lipinski definition) is 2. The summed E-state index contributed by atoms with van der Waals surface area (Å²) in [6.45, 7) is 5.68. The average Bonchev–Trinajstić information content (AvgIpc) is 2.53. The topological polar surface area (TPSA) is 84.0 Å². The number of rotatable bonds is 5. The van der Waals surface area contributed by atoms with E-state index in [-0.39, 0.29) is 23.7 Å². The molecule has 1 aromatic carbocycles. The first-order valence-electron chi connectivity index (χ1n) is 7.43. The summed E-state index contributed by atoms with van der Waals surface area (Å²) in [5.74, 6) is -0.486. The monoisotopic (exact) mass is 312 g/mol. The van der Waals surface area contributed by atoms with E-state index in [1.807, 2.05) is 32.9 Å². The van der Waals surface area contributed by atoms with E-state index >= 15 is 0 Å². The number of aryl methyl sites for hydroxylation is 1. The summed E-state index contributed by atoms with van der Waals surface area (Å²) in [7, 11) is 0. The molecule has 0 bridgehead atoms. The smallest absolute Gasteiger partial charge is 0.251 e. The van der Waals surface area contributed by atoms with Gasteiger partial charge in [-0.2, -0.15) is 0 Å². The maximum absolute atomic E-state index is 12.4. The number of hydrogen-bond acceptors (Lipinski definition) is 4. The van der Waals surface area contributed by atoms with Crippen LogP contribution in [-0.4, -0.2) is 27.8 Å². The summed E-state index contributed by atoms with van der Waals surface area (Å²) >= 11 is 0. The fraction of sp³-hybridized carbons (Fsp3) is 0.294. The molecule has 0 aliphatic rings. The lowest BCUT2D eigenvalue weighted by Crippen LogP contribution is -2.47. The van der Waals surface area contributed by atoms with E-state index in [2.05, 4.69) is 20.6 Å². The van der Waals surface area contributed by atoms with E-state index < -0.39 is 6.04 Å². The third-order valence-corrected chi connectivity index (χ3v) is 3.35. The molecule has 0 spiro atoms. The standard InChI is InChI=1S/C17H20N4O2/c1-11(2)14(16(23)21-17-18-9-4-10-19-17)20-15(22)13-7-5-12(3)6-8-13/h4-11,14H,1-3H3,(H,20,22)(H,18,19,21,23)/t14-/m0/s1. The lowest BCUT2D eigenvalue weighted by atomic mass is 10.0. The highest BCUT2D eigenvalue weighted by Gasteiger charge is 2.25. The Morgan fingerprint density at radius 1 is 1.04 bits per heavy atom. The second kappa shape index (κ2) is 7.49. The van der Waals surface area contributed by atoms with Crippen LogP contribution < -0.4 is 10.6 Å². The zero-order chi connectivity index (χ0) is 16.8. The molecule has 0 aliphatic heterocycles. The van der Waals surface area contributed by atoms with Crippen LogP contribution in [0.25, 0.3) is 0 Å². The maximum Gasteiger partial charge on any atom is 0.251 e. The highest BCUT2D eigenvalue weighted by atomic mass is 16.2. The summed E-state index contributed by atoms with van der Waals surface area (Å²) in [6.07, 6.45) is 3.08. The quantitative estimate of drug-likeness (QED) is 0.886. The van der Waals surface area contributed by atoms with E-state index in [9.17, 15) is 9.59 Å². The summed E-state index contributed by atoms with van der Waals surface area (Å²) in [4.78, 5) is 32.6. The number of nitrogens with zero attached hydrogens (tertiary/aromatic N) is 2. The van der Waals surface area contributed by atoms with E-state index in [0.717, 1.165) is 5.56 Å². The molecule has 2 amide bonds. The number of nitrogens with one attached hydrogen (secondary N) is 2. The van der Waals surface area contributed by atoms with Crippen LogP contribution in [0.2, 0.25) is 0 Å². The summed E-state index contributed by atoms with van der Waals surface area (Å²) < 4.78 is 0. The van der Waals surface area contributed by atoms with Crippen molar-refractivity contribution in [2.75, 3.05) is 5.32 Å². The van der Waals surface area contributed by atoms with E-state index in [0.29, 0.717) is 5.56 Å². The van der Waals surface area contributed by atoms with Gasteiger partial charge in [0.25, 0.3) is 5.91 Å². The summed E-state index contributed by atoms with van der Waals surface area (Å²) in [5, 5.41) is 5.38. The van der Waals surface area contributed by atoms with Crippen LogP contribution in [0.4, 0.5) is 5.95 Å². The van der Waals surface area contributed by atoms with E-state index in [1.165, 1.54) is 12.4 Å². The molecule has 0 radical (unpaired) electrons. The van der Waals surface area contributed by atoms with Crippen LogP contribution in [0.1, 0.15) is 29.8 Å². The molecular formula is C17H20N4O2. The molecule has 2 aromatic rings. The zero-order valence-corrected chi connectivity index (χ0v) is 13.4.